The molecule has 6 heteroatoms. The SMILES string of the molecule is O[C@@H]1[C@H](O)[C@H](OCc2ccccc2)[C@H](OCc2ccccc2)[C@@H](O)[C@H]1OCc1ccccc1. The molecule has 0 amide bonds. The molecule has 0 spiro atoms. The molecule has 6 nitrogen and oxygen atoms in total. The number of aliphatic hydroxyl groups is 3. The first-order valence-corrected chi connectivity index (χ1v) is 11.1. The molecule has 6 atom stereocenters. The summed E-state index contributed by atoms with van der Waals surface area (Å²) in [7, 11) is 0. The molecule has 174 valence electrons. The van der Waals surface area contributed by atoms with Gasteiger partial charge in [0, 0.05) is 0 Å². The minimum atomic E-state index is -1.33. The molecule has 0 heterocycles. The van der Waals surface area contributed by atoms with E-state index in [0.717, 1.165) is 16.7 Å². The molecule has 3 aromatic carbocycles. The van der Waals surface area contributed by atoms with E-state index in [-0.39, 0.29) is 19.8 Å². The topological polar surface area (TPSA) is 88.4 Å². The lowest BCUT2D eigenvalue weighted by atomic mass is 9.84. The van der Waals surface area contributed by atoms with Gasteiger partial charge in [0.05, 0.1) is 19.8 Å². The third-order valence-electron chi connectivity index (χ3n) is 5.88. The molecule has 1 aliphatic carbocycles. The third-order valence-corrected chi connectivity index (χ3v) is 5.88. The summed E-state index contributed by atoms with van der Waals surface area (Å²) in [5.74, 6) is 0. The minimum Gasteiger partial charge on any atom is -0.387 e. The Balaban J connectivity index is 1.49. The van der Waals surface area contributed by atoms with Gasteiger partial charge in [0.15, 0.2) is 0 Å². The van der Waals surface area contributed by atoms with Crippen molar-refractivity contribution in [2.45, 2.75) is 56.4 Å². The smallest absolute Gasteiger partial charge is 0.115 e. The summed E-state index contributed by atoms with van der Waals surface area (Å²) in [6, 6.07) is 28.6. The summed E-state index contributed by atoms with van der Waals surface area (Å²) in [5.41, 5.74) is 2.74. The van der Waals surface area contributed by atoms with Crippen molar-refractivity contribution < 1.29 is 29.5 Å². The first-order valence-electron chi connectivity index (χ1n) is 11.1. The van der Waals surface area contributed by atoms with Crippen LogP contribution in [-0.2, 0) is 34.0 Å². The van der Waals surface area contributed by atoms with Gasteiger partial charge in [-0.1, -0.05) is 91.0 Å². The predicted octanol–water partition coefficient (Wildman–Crippen LogP) is 2.84. The van der Waals surface area contributed by atoms with Gasteiger partial charge in [-0.25, -0.2) is 0 Å². The second kappa shape index (κ2) is 11.5. The maximum atomic E-state index is 11.1. The van der Waals surface area contributed by atoms with E-state index in [1.807, 2.05) is 91.0 Å². The number of aliphatic hydroxyl groups excluding tert-OH is 3. The highest BCUT2D eigenvalue weighted by molar-refractivity contribution is 5.16. The number of hydrogen-bond donors (Lipinski definition) is 3. The lowest BCUT2D eigenvalue weighted by molar-refractivity contribution is -0.262. The first kappa shape index (κ1) is 23.6. The molecular weight excluding hydrogens is 420 g/mol. The summed E-state index contributed by atoms with van der Waals surface area (Å²) in [5, 5.41) is 32.8. The lowest BCUT2D eigenvalue weighted by Crippen LogP contribution is -2.65. The fourth-order valence-corrected chi connectivity index (χ4v) is 4.05. The number of ether oxygens (including phenoxy) is 3. The molecule has 4 rings (SSSR count). The van der Waals surface area contributed by atoms with Crippen LogP contribution in [0, 0.1) is 0 Å². The van der Waals surface area contributed by atoms with Crippen LogP contribution in [-0.4, -0.2) is 51.9 Å². The molecule has 33 heavy (non-hydrogen) atoms. The van der Waals surface area contributed by atoms with Gasteiger partial charge in [0.1, 0.15) is 36.6 Å². The Morgan fingerprint density at radius 1 is 0.424 bits per heavy atom. The fraction of sp³-hybridized carbons (Fsp3) is 0.333. The Hall–Kier alpha value is -2.58. The summed E-state index contributed by atoms with van der Waals surface area (Å²) < 4.78 is 17.9. The van der Waals surface area contributed by atoms with Gasteiger partial charge in [-0.2, -0.15) is 0 Å². The zero-order valence-corrected chi connectivity index (χ0v) is 18.3. The maximum Gasteiger partial charge on any atom is 0.115 e. The standard InChI is InChI=1S/C27H30O6/c28-22-23(29)26(32-17-20-12-6-2-7-13-20)27(33-18-21-14-8-3-9-15-21)24(30)25(22)31-16-19-10-4-1-5-11-19/h1-15,22-30H,16-18H2/t22-,23+,24+,25+,26+,27-/m1/s1. The fourth-order valence-electron chi connectivity index (χ4n) is 4.05. The lowest BCUT2D eigenvalue weighted by Gasteiger charge is -2.45. The molecule has 0 radical (unpaired) electrons. The van der Waals surface area contributed by atoms with E-state index in [9.17, 15) is 15.3 Å². The van der Waals surface area contributed by atoms with Gasteiger partial charge in [0.2, 0.25) is 0 Å². The average Bonchev–Trinajstić information content (AvgIpc) is 2.86. The molecule has 1 fully saturated rings. The van der Waals surface area contributed by atoms with E-state index in [1.54, 1.807) is 0 Å². The van der Waals surface area contributed by atoms with Crippen LogP contribution in [0.2, 0.25) is 0 Å². The van der Waals surface area contributed by atoms with E-state index < -0.39 is 36.6 Å². The maximum absolute atomic E-state index is 11.1. The zero-order chi connectivity index (χ0) is 23.0. The van der Waals surface area contributed by atoms with E-state index in [1.165, 1.54) is 0 Å². The molecule has 0 unspecified atom stereocenters. The van der Waals surface area contributed by atoms with Crippen molar-refractivity contribution in [3.8, 4) is 0 Å². The van der Waals surface area contributed by atoms with Crippen molar-refractivity contribution in [2.24, 2.45) is 0 Å². The Morgan fingerprint density at radius 2 is 0.727 bits per heavy atom. The Kier molecular flexibility index (Phi) is 8.23. The summed E-state index contributed by atoms with van der Waals surface area (Å²) in [6.45, 7) is 0.623. The zero-order valence-electron chi connectivity index (χ0n) is 18.3. The molecule has 0 bridgehead atoms. The number of hydrogen-bond acceptors (Lipinski definition) is 6. The second-order valence-corrected chi connectivity index (χ2v) is 8.26. The van der Waals surface area contributed by atoms with Gasteiger partial charge in [-0.3, -0.25) is 0 Å². The first-order chi connectivity index (χ1) is 16.1. The number of benzene rings is 3. The highest BCUT2D eigenvalue weighted by atomic mass is 16.6. The second-order valence-electron chi connectivity index (χ2n) is 8.26. The van der Waals surface area contributed by atoms with E-state index in [2.05, 4.69) is 0 Å². The van der Waals surface area contributed by atoms with Crippen LogP contribution < -0.4 is 0 Å². The Morgan fingerprint density at radius 3 is 1.12 bits per heavy atom. The molecule has 3 aromatic rings. The molecule has 1 aliphatic rings. The number of rotatable bonds is 9. The van der Waals surface area contributed by atoms with Crippen molar-refractivity contribution in [1.82, 2.24) is 0 Å². The van der Waals surface area contributed by atoms with E-state index >= 15 is 0 Å². The van der Waals surface area contributed by atoms with Crippen molar-refractivity contribution in [1.29, 1.82) is 0 Å². The normalized spacial score (nSPS) is 27.4. The van der Waals surface area contributed by atoms with Crippen LogP contribution in [0.15, 0.2) is 91.0 Å². The van der Waals surface area contributed by atoms with Crippen molar-refractivity contribution in [3.05, 3.63) is 108 Å². The third kappa shape index (κ3) is 6.06. The van der Waals surface area contributed by atoms with Crippen molar-refractivity contribution in [2.75, 3.05) is 0 Å². The van der Waals surface area contributed by atoms with Gasteiger partial charge in [-0.05, 0) is 16.7 Å². The van der Waals surface area contributed by atoms with E-state index in [4.69, 9.17) is 14.2 Å². The van der Waals surface area contributed by atoms with Crippen molar-refractivity contribution in [3.63, 3.8) is 0 Å². The van der Waals surface area contributed by atoms with Gasteiger partial charge in [0.25, 0.3) is 0 Å². The van der Waals surface area contributed by atoms with Gasteiger partial charge < -0.3 is 29.5 Å². The summed E-state index contributed by atoms with van der Waals surface area (Å²) in [6.07, 6.45) is -6.68. The highest BCUT2D eigenvalue weighted by Gasteiger charge is 2.51. The molecule has 0 aliphatic heterocycles. The largest absolute Gasteiger partial charge is 0.387 e. The van der Waals surface area contributed by atoms with Crippen molar-refractivity contribution >= 4 is 0 Å². The van der Waals surface area contributed by atoms with Gasteiger partial charge >= 0.3 is 0 Å². The molecular formula is C27H30O6. The summed E-state index contributed by atoms with van der Waals surface area (Å²) >= 11 is 0. The Labute approximate surface area is 194 Å². The van der Waals surface area contributed by atoms with Crippen LogP contribution in [0.5, 0.6) is 0 Å². The highest BCUT2D eigenvalue weighted by Crippen LogP contribution is 2.30. The Bertz CT molecular complexity index is 952. The monoisotopic (exact) mass is 450 g/mol. The van der Waals surface area contributed by atoms with E-state index in [0.29, 0.717) is 0 Å². The molecule has 3 N–H and O–H groups in total. The van der Waals surface area contributed by atoms with Crippen LogP contribution in [0.3, 0.4) is 0 Å². The quantitative estimate of drug-likeness (QED) is 0.465. The van der Waals surface area contributed by atoms with Crippen LogP contribution >= 0.6 is 0 Å². The molecule has 0 aromatic heterocycles. The summed E-state index contributed by atoms with van der Waals surface area (Å²) in [4.78, 5) is 0. The molecule has 0 saturated heterocycles. The van der Waals surface area contributed by atoms with Gasteiger partial charge in [-0.15, -0.1) is 0 Å². The van der Waals surface area contributed by atoms with Crippen LogP contribution in [0.1, 0.15) is 16.7 Å². The molecule has 1 saturated carbocycles. The minimum absolute atomic E-state index is 0.188. The average molecular weight is 451 g/mol. The predicted molar refractivity (Wildman–Crippen MR) is 123 cm³/mol. The van der Waals surface area contributed by atoms with Crippen LogP contribution in [0.4, 0.5) is 0 Å². The van der Waals surface area contributed by atoms with Crippen LogP contribution in [0.25, 0.3) is 0 Å².